The van der Waals surface area contributed by atoms with Gasteiger partial charge in [0.15, 0.2) is 5.65 Å². The number of hydrogen-bond donors (Lipinski definition) is 2. The number of carbonyl (C=O) groups is 1. The van der Waals surface area contributed by atoms with Crippen LogP contribution in [0.2, 0.25) is 0 Å². The van der Waals surface area contributed by atoms with Gasteiger partial charge in [-0.1, -0.05) is 12.1 Å². The molecule has 0 unspecified atom stereocenters. The third kappa shape index (κ3) is 5.06. The second kappa shape index (κ2) is 9.27. The number of benzene rings is 1. The number of nitrogens with one attached hydrogen (secondary N) is 1. The molecule has 0 aliphatic heterocycles. The van der Waals surface area contributed by atoms with Crippen LogP contribution in [-0.4, -0.2) is 42.2 Å². The number of aromatic nitrogens is 4. The fraction of sp³-hybridized carbons (Fsp3) is 0.379. The van der Waals surface area contributed by atoms with Crippen LogP contribution in [0.4, 0.5) is 0 Å². The molecule has 2 N–H and O–H groups in total. The van der Waals surface area contributed by atoms with Crippen LogP contribution in [0.25, 0.3) is 16.8 Å². The molecule has 37 heavy (non-hydrogen) atoms. The Kier molecular flexibility index (Phi) is 5.91. The van der Waals surface area contributed by atoms with E-state index < -0.39 is 5.60 Å². The lowest BCUT2D eigenvalue weighted by atomic mass is 9.70. The molecule has 0 spiro atoms. The number of fused-ring (bicyclic) bond motifs is 1. The number of aliphatic hydroxyl groups is 1. The van der Waals surface area contributed by atoms with E-state index in [1.807, 2.05) is 61.0 Å². The molecule has 2 aliphatic rings. The lowest BCUT2D eigenvalue weighted by Crippen LogP contribution is -2.40. The molecular weight excluding hydrogens is 466 g/mol. The predicted molar refractivity (Wildman–Crippen MR) is 140 cm³/mol. The zero-order chi connectivity index (χ0) is 25.6. The molecular formula is C29H31N5O3. The fourth-order valence-corrected chi connectivity index (χ4v) is 5.28. The first-order valence-corrected chi connectivity index (χ1v) is 12.9. The normalized spacial score (nSPS) is 21.0. The Morgan fingerprint density at radius 3 is 2.76 bits per heavy atom. The van der Waals surface area contributed by atoms with Crippen molar-refractivity contribution in [3.05, 3.63) is 71.8 Å². The van der Waals surface area contributed by atoms with E-state index in [4.69, 9.17) is 9.72 Å². The van der Waals surface area contributed by atoms with E-state index in [1.165, 1.54) is 0 Å². The highest BCUT2D eigenvalue weighted by atomic mass is 16.5. The molecule has 8 heteroatoms. The van der Waals surface area contributed by atoms with Gasteiger partial charge in [-0.15, -0.1) is 0 Å². The molecule has 8 nitrogen and oxygen atoms in total. The Labute approximate surface area is 215 Å². The Bertz CT molecular complexity index is 1450. The Morgan fingerprint density at radius 1 is 1.22 bits per heavy atom. The number of carbonyl (C=O) groups excluding carboxylic acids is 1. The largest absolute Gasteiger partial charge is 0.437 e. The molecule has 2 saturated carbocycles. The number of pyridine rings is 1. The van der Waals surface area contributed by atoms with Gasteiger partial charge in [0.05, 0.1) is 18.0 Å². The summed E-state index contributed by atoms with van der Waals surface area (Å²) in [4.78, 5) is 21.6. The van der Waals surface area contributed by atoms with Crippen molar-refractivity contribution in [3.63, 3.8) is 0 Å². The zero-order valence-electron chi connectivity index (χ0n) is 21.1. The second-order valence-corrected chi connectivity index (χ2v) is 10.8. The van der Waals surface area contributed by atoms with Gasteiger partial charge in [0.1, 0.15) is 5.75 Å². The van der Waals surface area contributed by atoms with E-state index >= 15 is 0 Å². The second-order valence-electron chi connectivity index (χ2n) is 10.8. The van der Waals surface area contributed by atoms with Crippen molar-refractivity contribution in [1.82, 2.24) is 24.9 Å². The minimum absolute atomic E-state index is 0.0195. The Hall–Kier alpha value is -3.78. The van der Waals surface area contributed by atoms with Crippen molar-refractivity contribution in [2.45, 2.75) is 64.0 Å². The highest BCUT2D eigenvalue weighted by Gasteiger charge is 2.37. The van der Waals surface area contributed by atoms with Crippen LogP contribution < -0.4 is 10.1 Å². The number of aryl methyl sites for hydroxylation is 2. The van der Waals surface area contributed by atoms with E-state index in [0.717, 1.165) is 60.9 Å². The van der Waals surface area contributed by atoms with E-state index in [9.17, 15) is 9.90 Å². The highest BCUT2D eigenvalue weighted by Crippen LogP contribution is 2.40. The summed E-state index contributed by atoms with van der Waals surface area (Å²) in [6.07, 6.45) is 10.7. The van der Waals surface area contributed by atoms with Crippen molar-refractivity contribution < 1.29 is 14.6 Å². The number of rotatable bonds is 8. The molecule has 0 saturated heterocycles. The molecule has 6 rings (SSSR count). The van der Waals surface area contributed by atoms with Gasteiger partial charge in [-0.25, -0.2) is 4.52 Å². The maximum atomic E-state index is 12.6. The first-order chi connectivity index (χ1) is 17.8. The first kappa shape index (κ1) is 23.6. The maximum Gasteiger partial charge on any atom is 0.251 e. The van der Waals surface area contributed by atoms with E-state index in [-0.39, 0.29) is 5.91 Å². The summed E-state index contributed by atoms with van der Waals surface area (Å²) in [5.41, 5.74) is 4.59. The van der Waals surface area contributed by atoms with Gasteiger partial charge in [0.2, 0.25) is 5.88 Å². The molecule has 2 fully saturated rings. The predicted octanol–water partition coefficient (Wildman–Crippen LogP) is 4.88. The van der Waals surface area contributed by atoms with Gasteiger partial charge in [-0.3, -0.25) is 9.78 Å². The molecule has 4 aromatic rings. The molecule has 0 bridgehead atoms. The molecule has 3 heterocycles. The summed E-state index contributed by atoms with van der Waals surface area (Å²) in [5.74, 6) is 1.57. The summed E-state index contributed by atoms with van der Waals surface area (Å²) >= 11 is 0. The fourth-order valence-electron chi connectivity index (χ4n) is 5.28. The van der Waals surface area contributed by atoms with E-state index in [2.05, 4.69) is 15.4 Å². The van der Waals surface area contributed by atoms with Crippen LogP contribution in [0.3, 0.4) is 0 Å². The highest BCUT2D eigenvalue weighted by molar-refractivity contribution is 5.96. The lowest BCUT2D eigenvalue weighted by molar-refractivity contribution is -0.0591. The summed E-state index contributed by atoms with van der Waals surface area (Å²) < 4.78 is 7.96. The smallest absolute Gasteiger partial charge is 0.251 e. The summed E-state index contributed by atoms with van der Waals surface area (Å²) in [5, 5.41) is 17.9. The molecule has 0 radical (unpaired) electrons. The summed E-state index contributed by atoms with van der Waals surface area (Å²) in [6.45, 7) is 3.86. The molecule has 2 aliphatic carbocycles. The van der Waals surface area contributed by atoms with Crippen molar-refractivity contribution in [2.24, 2.45) is 5.92 Å². The third-order valence-corrected chi connectivity index (χ3v) is 7.34. The van der Waals surface area contributed by atoms with Gasteiger partial charge in [0.25, 0.3) is 5.91 Å². The molecule has 1 aromatic carbocycles. The Morgan fingerprint density at radius 2 is 2.05 bits per heavy atom. The Balaban J connectivity index is 1.33. The third-order valence-electron chi connectivity index (χ3n) is 7.34. The molecule has 3 aromatic heterocycles. The summed E-state index contributed by atoms with van der Waals surface area (Å²) in [6, 6.07) is 11.8. The van der Waals surface area contributed by atoms with Gasteiger partial charge < -0.3 is 15.2 Å². The van der Waals surface area contributed by atoms with Crippen molar-refractivity contribution in [2.75, 3.05) is 0 Å². The minimum atomic E-state index is -0.536. The average molecular weight is 498 g/mol. The van der Waals surface area contributed by atoms with Crippen LogP contribution in [0.5, 0.6) is 11.6 Å². The monoisotopic (exact) mass is 497 g/mol. The van der Waals surface area contributed by atoms with Gasteiger partial charge in [-0.05, 0) is 87.6 Å². The number of nitrogens with zero attached hydrogens (tertiary/aromatic N) is 4. The zero-order valence-corrected chi connectivity index (χ0v) is 21.1. The topological polar surface area (TPSA) is 102 Å². The number of amides is 1. The van der Waals surface area contributed by atoms with Crippen LogP contribution >= 0.6 is 0 Å². The molecule has 0 atom stereocenters. The van der Waals surface area contributed by atoms with E-state index in [0.29, 0.717) is 34.8 Å². The maximum absolute atomic E-state index is 12.6. The lowest BCUT2D eigenvalue weighted by Gasteiger charge is -2.41. The number of ether oxygens (including phenoxy) is 1. The average Bonchev–Trinajstić information content (AvgIpc) is 3.57. The van der Waals surface area contributed by atoms with Crippen molar-refractivity contribution in [1.29, 1.82) is 0 Å². The molecule has 1 amide bonds. The SMILES string of the molecule is Cc1cc(-c2cnn3c(CCC4CC(C)(O)C4)cc(Oc4cccnc4)nc23)ccc1C(=O)NC1CC1. The van der Waals surface area contributed by atoms with Crippen LogP contribution in [0.1, 0.15) is 60.6 Å². The summed E-state index contributed by atoms with van der Waals surface area (Å²) in [7, 11) is 0. The standard InChI is InChI=1S/C29H31N5O3/c1-18-12-20(6-10-24(18)28(35)32-21-7-8-21)25-17-31-34-22(9-5-19-14-29(2,36)15-19)13-26(33-27(25)34)37-23-4-3-11-30-16-23/h3-4,6,10-13,16-17,19,21,36H,5,7-9,14-15H2,1-2H3,(H,32,35). The minimum Gasteiger partial charge on any atom is -0.437 e. The van der Waals surface area contributed by atoms with Crippen LogP contribution in [-0.2, 0) is 6.42 Å². The first-order valence-electron chi connectivity index (χ1n) is 12.9. The van der Waals surface area contributed by atoms with Gasteiger partial charge in [-0.2, -0.15) is 10.1 Å². The van der Waals surface area contributed by atoms with Crippen molar-refractivity contribution in [3.8, 4) is 22.8 Å². The van der Waals surface area contributed by atoms with Crippen molar-refractivity contribution >= 4 is 11.6 Å². The van der Waals surface area contributed by atoms with Crippen LogP contribution in [0, 0.1) is 12.8 Å². The quantitative estimate of drug-likeness (QED) is 0.360. The van der Waals surface area contributed by atoms with Gasteiger partial charge >= 0.3 is 0 Å². The van der Waals surface area contributed by atoms with Crippen LogP contribution in [0.15, 0.2) is 55.0 Å². The molecule has 190 valence electrons. The van der Waals surface area contributed by atoms with Gasteiger partial charge in [0, 0.05) is 35.1 Å². The number of hydrogen-bond acceptors (Lipinski definition) is 6. The van der Waals surface area contributed by atoms with E-state index in [1.54, 1.807) is 12.4 Å².